The van der Waals surface area contributed by atoms with Crippen LogP contribution < -0.4 is 0 Å². The van der Waals surface area contributed by atoms with Crippen molar-refractivity contribution in [1.29, 1.82) is 0 Å². The van der Waals surface area contributed by atoms with Gasteiger partial charge in [0.15, 0.2) is 0 Å². The van der Waals surface area contributed by atoms with Crippen LogP contribution in [0, 0.1) is 0 Å². The molecule has 0 saturated heterocycles. The standard InChI is InChI=1S/C15H12N2S2/c1-18-14-9-12(7-8-16-14)15-17-13(10-19-15)11-5-3-2-4-6-11/h2-10H,1H3. The second kappa shape index (κ2) is 5.55. The molecule has 3 rings (SSSR count). The number of thiazole rings is 1. The molecule has 0 radical (unpaired) electrons. The van der Waals surface area contributed by atoms with Crippen molar-refractivity contribution in [3.8, 4) is 21.8 Å². The maximum absolute atomic E-state index is 4.71. The van der Waals surface area contributed by atoms with E-state index in [2.05, 4.69) is 28.6 Å². The first kappa shape index (κ1) is 12.4. The molecule has 0 fully saturated rings. The Bertz CT molecular complexity index is 677. The molecule has 94 valence electrons. The van der Waals surface area contributed by atoms with Gasteiger partial charge in [-0.25, -0.2) is 9.97 Å². The van der Waals surface area contributed by atoms with E-state index in [1.54, 1.807) is 23.1 Å². The molecule has 0 atom stereocenters. The van der Waals surface area contributed by atoms with Gasteiger partial charge >= 0.3 is 0 Å². The molecule has 0 aliphatic carbocycles. The third-order valence-electron chi connectivity index (χ3n) is 2.76. The molecule has 3 aromatic rings. The average Bonchev–Trinajstić information content (AvgIpc) is 2.98. The molecule has 1 aromatic carbocycles. The van der Waals surface area contributed by atoms with Crippen molar-refractivity contribution >= 4 is 23.1 Å². The lowest BCUT2D eigenvalue weighted by Crippen LogP contribution is -1.82. The Hall–Kier alpha value is -1.65. The van der Waals surface area contributed by atoms with Gasteiger partial charge in [0.1, 0.15) is 5.01 Å². The maximum atomic E-state index is 4.71. The van der Waals surface area contributed by atoms with Crippen LogP contribution in [0.15, 0.2) is 59.1 Å². The third-order valence-corrected chi connectivity index (χ3v) is 4.30. The molecule has 2 nitrogen and oxygen atoms in total. The third kappa shape index (κ3) is 2.69. The number of hydrogen-bond acceptors (Lipinski definition) is 4. The van der Waals surface area contributed by atoms with Crippen LogP contribution >= 0.6 is 23.1 Å². The number of pyridine rings is 1. The summed E-state index contributed by atoms with van der Waals surface area (Å²) in [5.41, 5.74) is 3.32. The molecule has 0 amide bonds. The van der Waals surface area contributed by atoms with E-state index in [1.807, 2.05) is 36.7 Å². The van der Waals surface area contributed by atoms with E-state index in [1.165, 1.54) is 0 Å². The van der Waals surface area contributed by atoms with Crippen molar-refractivity contribution in [3.05, 3.63) is 54.0 Å². The van der Waals surface area contributed by atoms with Crippen LogP contribution in [0.2, 0.25) is 0 Å². The lowest BCUT2D eigenvalue weighted by Gasteiger charge is -1.99. The van der Waals surface area contributed by atoms with Crippen LogP contribution in [0.1, 0.15) is 0 Å². The van der Waals surface area contributed by atoms with Crippen LogP contribution in [0.3, 0.4) is 0 Å². The van der Waals surface area contributed by atoms with Gasteiger partial charge in [-0.05, 0) is 18.4 Å². The van der Waals surface area contributed by atoms with Crippen molar-refractivity contribution in [1.82, 2.24) is 9.97 Å². The minimum absolute atomic E-state index is 1.02. The van der Waals surface area contributed by atoms with Crippen LogP contribution in [-0.2, 0) is 0 Å². The summed E-state index contributed by atoms with van der Waals surface area (Å²) in [6.45, 7) is 0. The molecule has 0 unspecified atom stereocenters. The normalized spacial score (nSPS) is 10.6. The van der Waals surface area contributed by atoms with Crippen molar-refractivity contribution in [2.45, 2.75) is 5.03 Å². The summed E-state index contributed by atoms with van der Waals surface area (Å²) in [7, 11) is 0. The highest BCUT2D eigenvalue weighted by atomic mass is 32.2. The zero-order valence-corrected chi connectivity index (χ0v) is 12.0. The van der Waals surface area contributed by atoms with Gasteiger partial charge in [0.2, 0.25) is 0 Å². The number of aromatic nitrogens is 2. The lowest BCUT2D eigenvalue weighted by atomic mass is 10.2. The minimum atomic E-state index is 1.02. The summed E-state index contributed by atoms with van der Waals surface area (Å²) in [6, 6.07) is 14.3. The molecule has 0 spiro atoms. The molecule has 19 heavy (non-hydrogen) atoms. The predicted molar refractivity (Wildman–Crippen MR) is 82.6 cm³/mol. The topological polar surface area (TPSA) is 25.8 Å². The fourth-order valence-corrected chi connectivity index (χ4v) is 3.04. The second-order valence-electron chi connectivity index (χ2n) is 3.99. The lowest BCUT2D eigenvalue weighted by molar-refractivity contribution is 1.14. The molecule has 4 heteroatoms. The molecule has 0 aliphatic rings. The van der Waals surface area contributed by atoms with Gasteiger partial charge in [-0.2, -0.15) is 0 Å². The Labute approximate surface area is 120 Å². The molecule has 0 N–H and O–H groups in total. The first-order valence-electron chi connectivity index (χ1n) is 5.88. The van der Waals surface area contributed by atoms with Crippen LogP contribution in [0.4, 0.5) is 0 Å². The molecular formula is C15H12N2S2. The number of rotatable bonds is 3. The SMILES string of the molecule is CSc1cc(-c2nc(-c3ccccc3)cs2)ccn1. The van der Waals surface area contributed by atoms with Crippen molar-refractivity contribution in [3.63, 3.8) is 0 Å². The summed E-state index contributed by atoms with van der Waals surface area (Å²) in [5.74, 6) is 0. The van der Waals surface area contributed by atoms with Gasteiger partial charge in [0, 0.05) is 22.7 Å². The van der Waals surface area contributed by atoms with E-state index in [0.717, 1.165) is 26.9 Å². The number of nitrogens with zero attached hydrogens (tertiary/aromatic N) is 2. The van der Waals surface area contributed by atoms with Gasteiger partial charge in [0.25, 0.3) is 0 Å². The summed E-state index contributed by atoms with van der Waals surface area (Å²) in [6.07, 6.45) is 3.87. The quantitative estimate of drug-likeness (QED) is 0.658. The van der Waals surface area contributed by atoms with E-state index < -0.39 is 0 Å². The van der Waals surface area contributed by atoms with Crippen molar-refractivity contribution in [2.24, 2.45) is 0 Å². The number of benzene rings is 1. The zero-order chi connectivity index (χ0) is 13.1. The van der Waals surface area contributed by atoms with Gasteiger partial charge in [0.05, 0.1) is 10.7 Å². The molecule has 0 saturated carbocycles. The average molecular weight is 284 g/mol. The highest BCUT2D eigenvalue weighted by molar-refractivity contribution is 7.98. The molecular weight excluding hydrogens is 272 g/mol. The van der Waals surface area contributed by atoms with E-state index in [0.29, 0.717) is 0 Å². The Kier molecular flexibility index (Phi) is 3.62. The largest absolute Gasteiger partial charge is 0.250 e. The molecule has 2 heterocycles. The van der Waals surface area contributed by atoms with Gasteiger partial charge in [-0.3, -0.25) is 0 Å². The fraction of sp³-hybridized carbons (Fsp3) is 0.0667. The summed E-state index contributed by atoms with van der Waals surface area (Å²) >= 11 is 3.32. The number of hydrogen-bond donors (Lipinski definition) is 0. The minimum Gasteiger partial charge on any atom is -0.250 e. The van der Waals surface area contributed by atoms with Gasteiger partial charge < -0.3 is 0 Å². The number of thioether (sulfide) groups is 1. The van der Waals surface area contributed by atoms with E-state index >= 15 is 0 Å². The first-order valence-corrected chi connectivity index (χ1v) is 7.98. The monoisotopic (exact) mass is 284 g/mol. The van der Waals surface area contributed by atoms with E-state index in [9.17, 15) is 0 Å². The van der Waals surface area contributed by atoms with Crippen molar-refractivity contribution < 1.29 is 0 Å². The fourth-order valence-electron chi connectivity index (χ4n) is 1.80. The highest BCUT2D eigenvalue weighted by Gasteiger charge is 2.07. The summed E-state index contributed by atoms with van der Waals surface area (Å²) in [4.78, 5) is 9.00. The Balaban J connectivity index is 1.97. The van der Waals surface area contributed by atoms with Crippen LogP contribution in [-0.4, -0.2) is 16.2 Å². The molecule has 2 aromatic heterocycles. The maximum Gasteiger partial charge on any atom is 0.124 e. The van der Waals surface area contributed by atoms with E-state index in [4.69, 9.17) is 4.98 Å². The highest BCUT2D eigenvalue weighted by Crippen LogP contribution is 2.29. The van der Waals surface area contributed by atoms with Crippen LogP contribution in [0.25, 0.3) is 21.8 Å². The molecule has 0 bridgehead atoms. The van der Waals surface area contributed by atoms with Gasteiger partial charge in [-0.1, -0.05) is 30.3 Å². The second-order valence-corrected chi connectivity index (χ2v) is 5.68. The van der Waals surface area contributed by atoms with Gasteiger partial charge in [-0.15, -0.1) is 23.1 Å². The summed E-state index contributed by atoms with van der Waals surface area (Å²) < 4.78 is 0. The smallest absolute Gasteiger partial charge is 0.124 e. The zero-order valence-electron chi connectivity index (χ0n) is 10.4. The predicted octanol–water partition coefficient (Wildman–Crippen LogP) is 4.59. The molecule has 0 aliphatic heterocycles. The Morgan fingerprint density at radius 2 is 1.89 bits per heavy atom. The van der Waals surface area contributed by atoms with Crippen LogP contribution in [0.5, 0.6) is 0 Å². The Morgan fingerprint density at radius 1 is 1.05 bits per heavy atom. The van der Waals surface area contributed by atoms with Crippen molar-refractivity contribution in [2.75, 3.05) is 6.26 Å². The Morgan fingerprint density at radius 3 is 2.68 bits per heavy atom. The summed E-state index contributed by atoms with van der Waals surface area (Å²) in [5, 5.41) is 4.16. The first-order chi connectivity index (χ1) is 9.36. The van der Waals surface area contributed by atoms with E-state index in [-0.39, 0.29) is 0 Å².